The predicted molar refractivity (Wildman–Crippen MR) is 196 cm³/mol. The molecule has 1 heterocycles. The molecule has 0 aliphatic carbocycles. The summed E-state index contributed by atoms with van der Waals surface area (Å²) in [4.78, 5) is 59.5. The fraction of sp³-hybridized carbons (Fsp3) is 0.342. The van der Waals surface area contributed by atoms with E-state index in [0.29, 0.717) is 12.0 Å². The summed E-state index contributed by atoms with van der Waals surface area (Å²) in [6.45, 7) is 5.61. The summed E-state index contributed by atoms with van der Waals surface area (Å²) in [5.74, 6) is -2.26. The molecular weight excluding hydrogens is 693 g/mol. The number of carbonyl (C=O) groups is 5. The molecule has 3 atom stereocenters. The molecule has 0 radical (unpaired) electrons. The molecule has 2 unspecified atom stereocenters. The van der Waals surface area contributed by atoms with Crippen molar-refractivity contribution in [1.29, 1.82) is 0 Å². The number of benzene rings is 3. The summed E-state index contributed by atoms with van der Waals surface area (Å²) in [7, 11) is 0. The van der Waals surface area contributed by atoms with Crippen molar-refractivity contribution in [3.05, 3.63) is 96.2 Å². The van der Waals surface area contributed by atoms with Crippen LogP contribution in [-0.4, -0.2) is 77.6 Å². The van der Waals surface area contributed by atoms with Gasteiger partial charge in [0.25, 0.3) is 5.91 Å². The van der Waals surface area contributed by atoms with Gasteiger partial charge < -0.3 is 37.1 Å². The number of para-hydroxylation sites is 1. The summed E-state index contributed by atoms with van der Waals surface area (Å²) in [5, 5.41) is 19.7. The highest BCUT2D eigenvalue weighted by Gasteiger charge is 2.44. The normalized spacial score (nSPS) is 12.4. The zero-order chi connectivity index (χ0) is 39.4. The molecule has 0 spiro atoms. The number of rotatable bonds is 15. The number of aromatic nitrogens is 1. The second-order valence-electron chi connectivity index (χ2n) is 12.0. The first-order valence-corrected chi connectivity index (χ1v) is 17.0. The number of nitrogens with one attached hydrogen (secondary N) is 5. The van der Waals surface area contributed by atoms with E-state index in [0.717, 1.165) is 27.6 Å². The maximum atomic E-state index is 12.4. The number of H-pyrrole nitrogens is 1. The molecule has 4 rings (SSSR count). The molecule has 8 N–H and O–H groups in total. The second-order valence-corrected chi connectivity index (χ2v) is 12.0. The molecular formula is C38H47F3N6O6. The maximum absolute atomic E-state index is 12.4. The van der Waals surface area contributed by atoms with Gasteiger partial charge in [-0.15, -0.1) is 0 Å². The van der Waals surface area contributed by atoms with Gasteiger partial charge in [0.05, 0.1) is 19.1 Å². The molecule has 4 aromatic rings. The van der Waals surface area contributed by atoms with Gasteiger partial charge in [-0.1, -0.05) is 80.9 Å². The van der Waals surface area contributed by atoms with Crippen LogP contribution in [0.3, 0.4) is 0 Å². The molecule has 0 aliphatic rings. The number of carbonyl (C=O) groups excluding carboxylic acids is 5. The van der Waals surface area contributed by atoms with Crippen LogP contribution in [-0.2, 0) is 25.6 Å². The number of aromatic amines is 1. The number of amides is 5. The number of primary amides is 1. The van der Waals surface area contributed by atoms with E-state index >= 15 is 0 Å². The molecule has 0 saturated heterocycles. The first-order valence-electron chi connectivity index (χ1n) is 17.0. The summed E-state index contributed by atoms with van der Waals surface area (Å²) in [6, 6.07) is 23.7. The summed E-state index contributed by atoms with van der Waals surface area (Å²) in [6.07, 6.45) is -4.54. The van der Waals surface area contributed by atoms with E-state index in [1.807, 2.05) is 84.4 Å². The van der Waals surface area contributed by atoms with E-state index in [1.165, 1.54) is 6.42 Å². The average Bonchev–Trinajstić information content (AvgIpc) is 3.54. The summed E-state index contributed by atoms with van der Waals surface area (Å²) < 4.78 is 37.0. The minimum Gasteiger partial charge on any atom is -0.382 e. The molecule has 3 aromatic carbocycles. The van der Waals surface area contributed by atoms with Crippen LogP contribution in [0.5, 0.6) is 0 Å². The molecule has 12 nitrogen and oxygen atoms in total. The third-order valence-corrected chi connectivity index (χ3v) is 7.38. The van der Waals surface area contributed by atoms with E-state index < -0.39 is 49.5 Å². The fourth-order valence-corrected chi connectivity index (χ4v) is 4.94. The Morgan fingerprint density at radius 3 is 2.06 bits per heavy atom. The summed E-state index contributed by atoms with van der Waals surface area (Å²) >= 11 is 0. The molecule has 0 aliphatic heterocycles. The van der Waals surface area contributed by atoms with E-state index in [9.17, 15) is 37.1 Å². The molecule has 0 fully saturated rings. The third kappa shape index (κ3) is 15.6. The van der Waals surface area contributed by atoms with Gasteiger partial charge in [-0.3, -0.25) is 24.0 Å². The average molecular weight is 741 g/mol. The van der Waals surface area contributed by atoms with Crippen LogP contribution in [0.2, 0.25) is 0 Å². The Balaban J connectivity index is 0.000000381. The van der Waals surface area contributed by atoms with Crippen molar-refractivity contribution >= 4 is 40.9 Å². The quantitative estimate of drug-likeness (QED) is 0.0896. The topological polar surface area (TPSA) is 196 Å². The molecule has 53 heavy (non-hydrogen) atoms. The number of hydrogen-bond donors (Lipinski definition) is 7. The van der Waals surface area contributed by atoms with Crippen LogP contribution < -0.4 is 27.0 Å². The molecule has 0 saturated carbocycles. The first-order chi connectivity index (χ1) is 25.2. The molecule has 5 amide bonds. The van der Waals surface area contributed by atoms with Crippen LogP contribution in [0.4, 0.5) is 13.2 Å². The van der Waals surface area contributed by atoms with Crippen molar-refractivity contribution in [1.82, 2.24) is 26.3 Å². The van der Waals surface area contributed by atoms with Crippen LogP contribution in [0.25, 0.3) is 22.0 Å². The molecule has 0 bridgehead atoms. The highest BCUT2D eigenvalue weighted by atomic mass is 19.4. The Labute approximate surface area is 306 Å². The van der Waals surface area contributed by atoms with Gasteiger partial charge in [0.15, 0.2) is 6.10 Å². The van der Waals surface area contributed by atoms with Crippen LogP contribution in [0, 0.1) is 0 Å². The Morgan fingerprint density at radius 1 is 0.868 bits per heavy atom. The lowest BCUT2D eigenvalue weighted by Gasteiger charge is -2.25. The van der Waals surface area contributed by atoms with Crippen molar-refractivity contribution in [3.8, 4) is 11.1 Å². The van der Waals surface area contributed by atoms with Crippen LogP contribution >= 0.6 is 0 Å². The van der Waals surface area contributed by atoms with Crippen molar-refractivity contribution in [2.75, 3.05) is 13.1 Å². The largest absolute Gasteiger partial charge is 0.416 e. The van der Waals surface area contributed by atoms with E-state index in [1.54, 1.807) is 12.1 Å². The van der Waals surface area contributed by atoms with E-state index in [4.69, 9.17) is 10.8 Å². The Bertz CT molecular complexity index is 1750. The summed E-state index contributed by atoms with van der Waals surface area (Å²) in [5.41, 5.74) is 9.70. The van der Waals surface area contributed by atoms with Gasteiger partial charge in [-0.2, -0.15) is 13.2 Å². The number of hydrogen-bond acceptors (Lipinski definition) is 6. The Kier molecular flexibility index (Phi) is 18.3. The monoisotopic (exact) mass is 740 g/mol. The predicted octanol–water partition coefficient (Wildman–Crippen LogP) is 4.13. The number of halogens is 3. The number of nitrogens with two attached hydrogens (primary N) is 1. The lowest BCUT2D eigenvalue weighted by molar-refractivity contribution is -0.212. The lowest BCUT2D eigenvalue weighted by atomic mass is 10.0. The number of aliphatic hydroxyl groups is 1. The molecule has 1 aromatic heterocycles. The number of alkyl halides is 3. The van der Waals surface area contributed by atoms with E-state index in [-0.39, 0.29) is 30.8 Å². The Hall–Kier alpha value is -5.70. The smallest absolute Gasteiger partial charge is 0.382 e. The van der Waals surface area contributed by atoms with Crippen molar-refractivity contribution in [2.24, 2.45) is 5.73 Å². The van der Waals surface area contributed by atoms with Gasteiger partial charge in [-0.05, 0) is 54.7 Å². The van der Waals surface area contributed by atoms with Crippen molar-refractivity contribution in [3.63, 3.8) is 0 Å². The van der Waals surface area contributed by atoms with Gasteiger partial charge in [0.1, 0.15) is 0 Å². The SMILES string of the molecule is CCC.C[C@H](Cc1c[nH]c2ccccc12)NC(=O)CNC(=O)c1ccc(-c2ccccc2)cc1.NC(=O)CCC(NC(=O)CNC=O)C(O)C(F)(F)F. The maximum Gasteiger partial charge on any atom is 0.416 e. The highest BCUT2D eigenvalue weighted by molar-refractivity contribution is 5.97. The van der Waals surface area contributed by atoms with Gasteiger partial charge in [-0.25, -0.2) is 0 Å². The minimum atomic E-state index is -4.95. The fourth-order valence-electron chi connectivity index (χ4n) is 4.94. The molecule has 15 heteroatoms. The van der Waals surface area contributed by atoms with Gasteiger partial charge >= 0.3 is 6.18 Å². The first kappa shape index (κ1) is 43.5. The lowest BCUT2D eigenvalue weighted by Crippen LogP contribution is -2.51. The number of aliphatic hydroxyl groups excluding tert-OH is 1. The standard InChI is InChI=1S/C26H25N3O2.C9H14F3N3O4.C3H8/c1-18(15-22-16-27-24-10-6-5-9-23(22)24)29-25(30)17-28-26(31)21-13-11-20(12-14-21)19-7-3-2-4-8-19;10-9(11,12)8(19)5(1-2-6(13)17)15-7(18)3-14-4-16;1-3-2/h2-14,16,18,27H,15,17H2,1H3,(H,28,31)(H,29,30);4-5,8,19H,1-3H2,(H2,13,17)(H,14,16)(H,15,18);3H2,1-2H3/t18-;;/m1../s1. The van der Waals surface area contributed by atoms with Crippen LogP contribution in [0.1, 0.15) is 56.0 Å². The minimum absolute atomic E-state index is 0.0474. The zero-order valence-electron chi connectivity index (χ0n) is 29.8. The van der Waals surface area contributed by atoms with E-state index in [2.05, 4.69) is 35.5 Å². The second kappa shape index (κ2) is 22.3. The van der Waals surface area contributed by atoms with Crippen molar-refractivity contribution in [2.45, 2.75) is 70.8 Å². The van der Waals surface area contributed by atoms with Gasteiger partial charge in [0, 0.05) is 35.1 Å². The zero-order valence-corrected chi connectivity index (χ0v) is 29.8. The highest BCUT2D eigenvalue weighted by Crippen LogP contribution is 2.24. The Morgan fingerprint density at radius 2 is 1.45 bits per heavy atom. The van der Waals surface area contributed by atoms with Gasteiger partial charge in [0.2, 0.25) is 24.1 Å². The third-order valence-electron chi connectivity index (χ3n) is 7.38. The van der Waals surface area contributed by atoms with Crippen molar-refractivity contribution < 1.29 is 42.3 Å². The number of fused-ring (bicyclic) bond motifs is 1. The molecule has 286 valence electrons. The van der Waals surface area contributed by atoms with Crippen LogP contribution in [0.15, 0.2) is 85.1 Å².